The normalized spacial score (nSPS) is 25.3. The van der Waals surface area contributed by atoms with E-state index in [4.69, 9.17) is 0 Å². The van der Waals surface area contributed by atoms with Crippen LogP contribution in [0.25, 0.3) is 0 Å². The molecule has 1 fully saturated rings. The zero-order valence-electron chi connectivity index (χ0n) is 12.1. The zero-order chi connectivity index (χ0) is 13.1. The number of benzene rings is 1. The molecule has 0 radical (unpaired) electrons. The molecule has 1 aromatic rings. The van der Waals surface area contributed by atoms with Crippen LogP contribution in [0.1, 0.15) is 45.6 Å². The number of nitrogens with zero attached hydrogens (tertiary/aromatic N) is 1. The number of nitrogens with one attached hydrogen (secondary N) is 1. The van der Waals surface area contributed by atoms with Crippen LogP contribution in [0.4, 0.5) is 5.69 Å². The van der Waals surface area contributed by atoms with Crippen molar-refractivity contribution in [2.45, 2.75) is 52.1 Å². The van der Waals surface area contributed by atoms with Crippen molar-refractivity contribution in [1.29, 1.82) is 0 Å². The van der Waals surface area contributed by atoms with Gasteiger partial charge in [0.05, 0.1) is 0 Å². The van der Waals surface area contributed by atoms with Crippen LogP contribution in [0.15, 0.2) is 24.3 Å². The Morgan fingerprint density at radius 2 is 1.78 bits per heavy atom. The highest BCUT2D eigenvalue weighted by atomic mass is 15.2. The second-order valence-electron chi connectivity index (χ2n) is 5.84. The molecule has 0 amide bonds. The molecule has 0 bridgehead atoms. The van der Waals surface area contributed by atoms with Crippen molar-refractivity contribution in [2.24, 2.45) is 0 Å². The summed E-state index contributed by atoms with van der Waals surface area (Å²) in [4.78, 5) is 2.56. The van der Waals surface area contributed by atoms with Gasteiger partial charge in [0, 0.05) is 24.3 Å². The molecule has 1 aliphatic rings. The van der Waals surface area contributed by atoms with Crippen molar-refractivity contribution in [3.8, 4) is 0 Å². The third-order valence-corrected chi connectivity index (χ3v) is 3.99. The lowest BCUT2D eigenvalue weighted by Crippen LogP contribution is -2.41. The molecule has 2 atom stereocenters. The van der Waals surface area contributed by atoms with Gasteiger partial charge < -0.3 is 10.2 Å². The fourth-order valence-corrected chi connectivity index (χ4v) is 2.83. The van der Waals surface area contributed by atoms with Gasteiger partial charge in [-0.2, -0.15) is 0 Å². The average Bonchev–Trinajstić information content (AvgIpc) is 2.51. The lowest BCUT2D eigenvalue weighted by molar-refractivity contribution is 0.575. The summed E-state index contributed by atoms with van der Waals surface area (Å²) in [5.41, 5.74) is 2.79. The summed E-state index contributed by atoms with van der Waals surface area (Å²) in [7, 11) is 0. The minimum Gasteiger partial charge on any atom is -0.365 e. The fraction of sp³-hybridized carbons (Fsp3) is 0.625. The molecule has 1 aromatic carbocycles. The van der Waals surface area contributed by atoms with E-state index in [0.29, 0.717) is 18.0 Å². The van der Waals surface area contributed by atoms with Crippen molar-refractivity contribution >= 4 is 5.69 Å². The SMILES string of the molecule is CC(C)c1ccc(N2C(C)CCNCC2C)cc1. The summed E-state index contributed by atoms with van der Waals surface area (Å²) in [6.07, 6.45) is 1.22. The van der Waals surface area contributed by atoms with Crippen molar-refractivity contribution in [3.63, 3.8) is 0 Å². The molecule has 2 heteroatoms. The molecule has 2 rings (SSSR count). The average molecular weight is 246 g/mol. The van der Waals surface area contributed by atoms with Gasteiger partial charge in [-0.25, -0.2) is 0 Å². The quantitative estimate of drug-likeness (QED) is 0.860. The minimum atomic E-state index is 0.562. The van der Waals surface area contributed by atoms with E-state index in [0.717, 1.165) is 13.1 Å². The van der Waals surface area contributed by atoms with Crippen LogP contribution in [0, 0.1) is 0 Å². The van der Waals surface area contributed by atoms with Gasteiger partial charge in [-0.1, -0.05) is 26.0 Å². The lowest BCUT2D eigenvalue weighted by atomic mass is 10.0. The largest absolute Gasteiger partial charge is 0.365 e. The van der Waals surface area contributed by atoms with Crippen molar-refractivity contribution in [2.75, 3.05) is 18.0 Å². The Bertz CT molecular complexity index is 357. The van der Waals surface area contributed by atoms with E-state index in [-0.39, 0.29) is 0 Å². The molecule has 1 saturated heterocycles. The summed E-state index contributed by atoms with van der Waals surface area (Å²) >= 11 is 0. The smallest absolute Gasteiger partial charge is 0.0389 e. The number of hydrogen-bond donors (Lipinski definition) is 1. The molecule has 100 valence electrons. The zero-order valence-corrected chi connectivity index (χ0v) is 12.1. The van der Waals surface area contributed by atoms with Crippen LogP contribution >= 0.6 is 0 Å². The Balaban J connectivity index is 2.22. The highest BCUT2D eigenvalue weighted by Crippen LogP contribution is 2.25. The van der Waals surface area contributed by atoms with E-state index in [9.17, 15) is 0 Å². The molecule has 0 aromatic heterocycles. The predicted molar refractivity (Wildman–Crippen MR) is 79.4 cm³/mol. The maximum atomic E-state index is 3.52. The molecule has 0 spiro atoms. The van der Waals surface area contributed by atoms with Gasteiger partial charge >= 0.3 is 0 Å². The summed E-state index contributed by atoms with van der Waals surface area (Å²) in [5.74, 6) is 0.611. The standard InChI is InChI=1S/C16H26N2/c1-12(2)15-5-7-16(8-6-15)18-13(3)9-10-17-11-14(18)4/h5-8,12-14,17H,9-11H2,1-4H3. The molecule has 0 saturated carbocycles. The first-order valence-electron chi connectivity index (χ1n) is 7.18. The summed E-state index contributed by atoms with van der Waals surface area (Å²) in [5, 5.41) is 3.52. The highest BCUT2D eigenvalue weighted by molar-refractivity contribution is 5.50. The van der Waals surface area contributed by atoms with Gasteiger partial charge in [-0.05, 0) is 50.4 Å². The van der Waals surface area contributed by atoms with Crippen molar-refractivity contribution in [3.05, 3.63) is 29.8 Å². The number of rotatable bonds is 2. The van der Waals surface area contributed by atoms with Gasteiger partial charge in [0.15, 0.2) is 0 Å². The Hall–Kier alpha value is -1.02. The summed E-state index contributed by atoms with van der Waals surface area (Å²) in [6.45, 7) is 11.3. The summed E-state index contributed by atoms with van der Waals surface area (Å²) < 4.78 is 0. The minimum absolute atomic E-state index is 0.562. The van der Waals surface area contributed by atoms with Crippen LogP contribution in [-0.4, -0.2) is 25.2 Å². The fourth-order valence-electron chi connectivity index (χ4n) is 2.83. The second-order valence-corrected chi connectivity index (χ2v) is 5.84. The van der Waals surface area contributed by atoms with Crippen LogP contribution in [0.3, 0.4) is 0 Å². The Labute approximate surface area is 111 Å². The van der Waals surface area contributed by atoms with Crippen LogP contribution in [0.2, 0.25) is 0 Å². The van der Waals surface area contributed by atoms with E-state index in [2.05, 4.69) is 62.2 Å². The van der Waals surface area contributed by atoms with Crippen LogP contribution in [-0.2, 0) is 0 Å². The van der Waals surface area contributed by atoms with Crippen LogP contribution < -0.4 is 10.2 Å². The molecule has 2 nitrogen and oxygen atoms in total. The van der Waals surface area contributed by atoms with Crippen molar-refractivity contribution < 1.29 is 0 Å². The lowest BCUT2D eigenvalue weighted by Gasteiger charge is -2.34. The first-order valence-corrected chi connectivity index (χ1v) is 7.18. The van der Waals surface area contributed by atoms with E-state index < -0.39 is 0 Å². The first-order chi connectivity index (χ1) is 8.59. The van der Waals surface area contributed by atoms with Gasteiger partial charge in [-0.15, -0.1) is 0 Å². The Kier molecular flexibility index (Phi) is 4.28. The summed E-state index contributed by atoms with van der Waals surface area (Å²) in [6, 6.07) is 10.3. The maximum absolute atomic E-state index is 3.52. The Morgan fingerprint density at radius 1 is 1.11 bits per heavy atom. The van der Waals surface area contributed by atoms with Gasteiger partial charge in [0.25, 0.3) is 0 Å². The van der Waals surface area contributed by atoms with Gasteiger partial charge in [0.2, 0.25) is 0 Å². The third kappa shape index (κ3) is 2.86. The third-order valence-electron chi connectivity index (χ3n) is 3.99. The molecule has 1 N–H and O–H groups in total. The first kappa shape index (κ1) is 13.4. The second kappa shape index (κ2) is 5.75. The van der Waals surface area contributed by atoms with Gasteiger partial charge in [-0.3, -0.25) is 0 Å². The van der Waals surface area contributed by atoms with E-state index in [1.54, 1.807) is 0 Å². The molecular formula is C16H26N2. The van der Waals surface area contributed by atoms with E-state index in [1.165, 1.54) is 17.7 Å². The highest BCUT2D eigenvalue weighted by Gasteiger charge is 2.22. The van der Waals surface area contributed by atoms with E-state index in [1.807, 2.05) is 0 Å². The molecular weight excluding hydrogens is 220 g/mol. The molecule has 1 aliphatic heterocycles. The predicted octanol–water partition coefficient (Wildman–Crippen LogP) is 3.39. The monoisotopic (exact) mass is 246 g/mol. The topological polar surface area (TPSA) is 15.3 Å². The van der Waals surface area contributed by atoms with Crippen molar-refractivity contribution in [1.82, 2.24) is 5.32 Å². The molecule has 18 heavy (non-hydrogen) atoms. The van der Waals surface area contributed by atoms with E-state index >= 15 is 0 Å². The maximum Gasteiger partial charge on any atom is 0.0389 e. The van der Waals surface area contributed by atoms with Crippen LogP contribution in [0.5, 0.6) is 0 Å². The van der Waals surface area contributed by atoms with Gasteiger partial charge in [0.1, 0.15) is 0 Å². The molecule has 0 aliphatic carbocycles. The Morgan fingerprint density at radius 3 is 2.39 bits per heavy atom. The molecule has 1 heterocycles. The molecule has 2 unspecified atom stereocenters. The number of hydrogen-bond acceptors (Lipinski definition) is 2. The number of anilines is 1.